The molecule has 0 saturated carbocycles. The molecule has 0 radical (unpaired) electrons. The first-order valence-corrected chi connectivity index (χ1v) is 5.60. The van der Waals surface area contributed by atoms with Crippen LogP contribution in [0.3, 0.4) is 0 Å². The lowest BCUT2D eigenvalue weighted by molar-refractivity contribution is -0.274. The van der Waals surface area contributed by atoms with E-state index in [-0.39, 0.29) is 5.69 Å². The molecule has 0 bridgehead atoms. The Morgan fingerprint density at radius 3 is 2.58 bits per heavy atom. The lowest BCUT2D eigenvalue weighted by atomic mass is 9.99. The van der Waals surface area contributed by atoms with Crippen molar-refractivity contribution in [3.05, 3.63) is 24.3 Å². The van der Waals surface area contributed by atoms with E-state index in [2.05, 4.69) is 10.1 Å². The molecule has 106 valence electrons. The van der Waals surface area contributed by atoms with E-state index in [4.69, 9.17) is 5.73 Å². The average Bonchev–Trinajstić information content (AvgIpc) is 2.27. The van der Waals surface area contributed by atoms with Gasteiger partial charge in [0.15, 0.2) is 0 Å². The highest BCUT2D eigenvalue weighted by atomic mass is 19.4. The van der Waals surface area contributed by atoms with Gasteiger partial charge in [0.05, 0.1) is 5.54 Å². The van der Waals surface area contributed by atoms with Gasteiger partial charge in [-0.25, -0.2) is 0 Å². The Labute approximate surface area is 108 Å². The van der Waals surface area contributed by atoms with Gasteiger partial charge in [0.2, 0.25) is 5.91 Å². The normalized spacial score (nSPS) is 14.6. The van der Waals surface area contributed by atoms with Crippen LogP contribution in [0.2, 0.25) is 0 Å². The minimum Gasteiger partial charge on any atom is -0.406 e. The van der Waals surface area contributed by atoms with Gasteiger partial charge in [-0.1, -0.05) is 13.0 Å². The number of ether oxygens (including phenoxy) is 1. The molecule has 0 aromatic heterocycles. The second-order valence-corrected chi connectivity index (χ2v) is 4.30. The van der Waals surface area contributed by atoms with Crippen LogP contribution in [0.5, 0.6) is 5.75 Å². The van der Waals surface area contributed by atoms with Gasteiger partial charge in [-0.2, -0.15) is 0 Å². The Morgan fingerprint density at radius 2 is 2.05 bits per heavy atom. The van der Waals surface area contributed by atoms with Gasteiger partial charge < -0.3 is 15.8 Å². The topological polar surface area (TPSA) is 64.4 Å². The summed E-state index contributed by atoms with van der Waals surface area (Å²) in [5, 5.41) is 2.45. The van der Waals surface area contributed by atoms with Gasteiger partial charge in [-0.15, -0.1) is 13.2 Å². The molecule has 0 heterocycles. The third-order valence-electron chi connectivity index (χ3n) is 2.58. The molecule has 0 fully saturated rings. The number of benzene rings is 1. The van der Waals surface area contributed by atoms with Crippen molar-refractivity contribution in [2.75, 3.05) is 5.32 Å². The molecule has 0 spiro atoms. The fraction of sp³-hybridized carbons (Fsp3) is 0.417. The number of carbonyl (C=O) groups is 1. The number of amides is 1. The minimum atomic E-state index is -4.77. The summed E-state index contributed by atoms with van der Waals surface area (Å²) in [4.78, 5) is 11.8. The van der Waals surface area contributed by atoms with Gasteiger partial charge in [0.25, 0.3) is 0 Å². The van der Waals surface area contributed by atoms with E-state index in [0.717, 1.165) is 12.1 Å². The Hall–Kier alpha value is -1.76. The SMILES string of the molecule is CCC(C)(N)C(=O)Nc1cccc(OC(F)(F)F)c1. The Bertz CT molecular complexity index is 459. The molecule has 0 aliphatic carbocycles. The summed E-state index contributed by atoms with van der Waals surface area (Å²) in [5.74, 6) is -0.875. The van der Waals surface area contributed by atoms with Crippen molar-refractivity contribution < 1.29 is 22.7 Å². The Morgan fingerprint density at radius 1 is 1.42 bits per heavy atom. The number of hydrogen-bond donors (Lipinski definition) is 2. The summed E-state index contributed by atoms with van der Waals surface area (Å²) >= 11 is 0. The highest BCUT2D eigenvalue weighted by molar-refractivity contribution is 5.97. The van der Waals surface area contributed by atoms with Crippen molar-refractivity contribution in [1.82, 2.24) is 0 Å². The van der Waals surface area contributed by atoms with Crippen molar-refractivity contribution in [1.29, 1.82) is 0 Å². The molecule has 7 heteroatoms. The van der Waals surface area contributed by atoms with E-state index in [1.54, 1.807) is 13.8 Å². The second kappa shape index (κ2) is 5.48. The Kier molecular flexibility index (Phi) is 4.41. The lowest BCUT2D eigenvalue weighted by Crippen LogP contribution is -2.47. The molecular weight excluding hydrogens is 261 g/mol. The van der Waals surface area contributed by atoms with Crippen LogP contribution in [-0.4, -0.2) is 17.8 Å². The highest BCUT2D eigenvalue weighted by Gasteiger charge is 2.31. The number of nitrogens with two attached hydrogens (primary N) is 1. The van der Waals surface area contributed by atoms with Gasteiger partial charge in [0, 0.05) is 11.8 Å². The summed E-state index contributed by atoms with van der Waals surface area (Å²) in [6, 6.07) is 5.02. The Balaban J connectivity index is 2.81. The van der Waals surface area contributed by atoms with Crippen LogP contribution < -0.4 is 15.8 Å². The number of rotatable bonds is 4. The molecule has 3 N–H and O–H groups in total. The third kappa shape index (κ3) is 4.78. The zero-order valence-electron chi connectivity index (χ0n) is 10.5. The number of halogens is 3. The van der Waals surface area contributed by atoms with E-state index < -0.39 is 23.6 Å². The van der Waals surface area contributed by atoms with E-state index in [9.17, 15) is 18.0 Å². The average molecular weight is 276 g/mol. The third-order valence-corrected chi connectivity index (χ3v) is 2.58. The molecule has 1 aromatic carbocycles. The molecule has 1 rings (SSSR count). The first kappa shape index (κ1) is 15.3. The zero-order valence-corrected chi connectivity index (χ0v) is 10.5. The standard InChI is InChI=1S/C12H15F3N2O2/c1-3-11(2,16)10(18)17-8-5-4-6-9(7-8)19-12(13,14)15/h4-7H,3,16H2,1-2H3,(H,17,18). The lowest BCUT2D eigenvalue weighted by Gasteiger charge is -2.21. The van der Waals surface area contributed by atoms with Crippen LogP contribution in [0.1, 0.15) is 20.3 Å². The van der Waals surface area contributed by atoms with Crippen molar-refractivity contribution in [3.8, 4) is 5.75 Å². The fourth-order valence-corrected chi connectivity index (χ4v) is 1.21. The van der Waals surface area contributed by atoms with Crippen LogP contribution in [-0.2, 0) is 4.79 Å². The first-order chi connectivity index (χ1) is 8.64. The molecule has 0 saturated heterocycles. The maximum absolute atomic E-state index is 12.0. The van der Waals surface area contributed by atoms with Crippen LogP contribution in [0, 0.1) is 0 Å². The summed E-state index contributed by atoms with van der Waals surface area (Å²) < 4.78 is 39.9. The van der Waals surface area contributed by atoms with Gasteiger partial charge >= 0.3 is 6.36 Å². The molecule has 4 nitrogen and oxygen atoms in total. The number of hydrogen-bond acceptors (Lipinski definition) is 3. The molecule has 0 aliphatic heterocycles. The van der Waals surface area contributed by atoms with Crippen molar-refractivity contribution in [2.45, 2.75) is 32.2 Å². The van der Waals surface area contributed by atoms with Crippen molar-refractivity contribution in [3.63, 3.8) is 0 Å². The molecule has 1 aromatic rings. The summed E-state index contributed by atoms with van der Waals surface area (Å²) in [7, 11) is 0. The van der Waals surface area contributed by atoms with E-state index >= 15 is 0 Å². The maximum Gasteiger partial charge on any atom is 0.573 e. The summed E-state index contributed by atoms with van der Waals surface area (Å²) in [6.07, 6.45) is -4.37. The quantitative estimate of drug-likeness (QED) is 0.888. The van der Waals surface area contributed by atoms with Gasteiger partial charge in [-0.3, -0.25) is 4.79 Å². The summed E-state index contributed by atoms with van der Waals surface area (Å²) in [6.45, 7) is 3.28. The van der Waals surface area contributed by atoms with Gasteiger partial charge in [0.1, 0.15) is 5.75 Å². The van der Waals surface area contributed by atoms with Crippen LogP contribution >= 0.6 is 0 Å². The molecule has 0 aliphatic rings. The van der Waals surface area contributed by atoms with Crippen LogP contribution in [0.15, 0.2) is 24.3 Å². The smallest absolute Gasteiger partial charge is 0.406 e. The highest BCUT2D eigenvalue weighted by Crippen LogP contribution is 2.25. The molecular formula is C12H15F3N2O2. The maximum atomic E-state index is 12.0. The zero-order chi connectivity index (χ0) is 14.7. The number of anilines is 1. The van der Waals surface area contributed by atoms with Crippen LogP contribution in [0.25, 0.3) is 0 Å². The van der Waals surface area contributed by atoms with E-state index in [1.807, 2.05) is 0 Å². The summed E-state index contributed by atoms with van der Waals surface area (Å²) in [5.41, 5.74) is 4.83. The number of alkyl halides is 3. The molecule has 1 unspecified atom stereocenters. The minimum absolute atomic E-state index is 0.192. The predicted octanol–water partition coefficient (Wildman–Crippen LogP) is 2.65. The van der Waals surface area contributed by atoms with Crippen LogP contribution in [0.4, 0.5) is 18.9 Å². The number of carbonyl (C=O) groups excluding carboxylic acids is 1. The van der Waals surface area contributed by atoms with Crippen molar-refractivity contribution >= 4 is 11.6 Å². The van der Waals surface area contributed by atoms with Crippen molar-refractivity contribution in [2.24, 2.45) is 5.73 Å². The monoisotopic (exact) mass is 276 g/mol. The van der Waals surface area contributed by atoms with E-state index in [1.165, 1.54) is 12.1 Å². The number of nitrogens with one attached hydrogen (secondary N) is 1. The second-order valence-electron chi connectivity index (χ2n) is 4.30. The molecule has 19 heavy (non-hydrogen) atoms. The van der Waals surface area contributed by atoms with Gasteiger partial charge in [-0.05, 0) is 25.5 Å². The predicted molar refractivity (Wildman–Crippen MR) is 64.6 cm³/mol. The molecule has 1 amide bonds. The van der Waals surface area contributed by atoms with E-state index in [0.29, 0.717) is 6.42 Å². The fourth-order valence-electron chi connectivity index (χ4n) is 1.21. The first-order valence-electron chi connectivity index (χ1n) is 5.60. The molecule has 1 atom stereocenters. The largest absolute Gasteiger partial charge is 0.573 e.